The number of para-hydroxylation sites is 1. The summed E-state index contributed by atoms with van der Waals surface area (Å²) in [5, 5.41) is 8.04. The van der Waals surface area contributed by atoms with Crippen molar-refractivity contribution in [2.45, 2.75) is 6.67 Å². The summed E-state index contributed by atoms with van der Waals surface area (Å²) in [6, 6.07) is 13.1. The van der Waals surface area contributed by atoms with Gasteiger partial charge in [-0.05, 0) is 48.6 Å². The molecule has 1 aliphatic heterocycles. The molecule has 1 aliphatic rings. The molecule has 146 valence electrons. The van der Waals surface area contributed by atoms with Gasteiger partial charge in [0.15, 0.2) is 3.95 Å². The molecule has 0 radical (unpaired) electrons. The highest BCUT2D eigenvalue weighted by Gasteiger charge is 2.18. The molecule has 4 rings (SSSR count). The molecule has 5 nitrogen and oxygen atoms in total. The Balaban J connectivity index is 1.36. The van der Waals surface area contributed by atoms with Crippen molar-refractivity contribution in [2.24, 2.45) is 0 Å². The van der Waals surface area contributed by atoms with E-state index in [4.69, 9.17) is 12.2 Å². The molecule has 1 N–H and O–H groups in total. The van der Waals surface area contributed by atoms with Crippen LogP contribution in [0.2, 0.25) is 0 Å². The summed E-state index contributed by atoms with van der Waals surface area (Å²) in [5.74, 6) is -0.549. The van der Waals surface area contributed by atoms with E-state index in [1.54, 1.807) is 22.9 Å². The minimum atomic E-state index is -0.327. The van der Waals surface area contributed by atoms with Gasteiger partial charge in [0, 0.05) is 31.9 Å². The Hall–Kier alpha value is -2.36. The number of benzene rings is 2. The Morgan fingerprint density at radius 2 is 1.71 bits per heavy atom. The van der Waals surface area contributed by atoms with Crippen LogP contribution in [0.4, 0.5) is 25.3 Å². The maximum Gasteiger partial charge on any atom is 0.209 e. The average molecular weight is 420 g/mol. The number of nitrogens with zero attached hydrogens (tertiary/aromatic N) is 4. The van der Waals surface area contributed by atoms with Crippen LogP contribution in [0.1, 0.15) is 0 Å². The monoisotopic (exact) mass is 419 g/mol. The summed E-state index contributed by atoms with van der Waals surface area (Å²) in [4.78, 5) is 4.50. The van der Waals surface area contributed by atoms with Gasteiger partial charge in [0.05, 0.1) is 12.4 Å². The van der Waals surface area contributed by atoms with E-state index in [-0.39, 0.29) is 11.6 Å². The number of piperazine rings is 1. The molecule has 0 unspecified atom stereocenters. The zero-order valence-electron chi connectivity index (χ0n) is 15.0. The van der Waals surface area contributed by atoms with E-state index in [1.165, 1.54) is 29.5 Å². The number of rotatable bonds is 5. The van der Waals surface area contributed by atoms with E-state index in [0.29, 0.717) is 21.4 Å². The van der Waals surface area contributed by atoms with Crippen LogP contribution < -0.4 is 10.2 Å². The molecule has 0 saturated carbocycles. The van der Waals surface area contributed by atoms with Crippen LogP contribution in [0, 0.1) is 15.6 Å². The first-order valence-corrected chi connectivity index (χ1v) is 10.1. The van der Waals surface area contributed by atoms with E-state index < -0.39 is 0 Å². The van der Waals surface area contributed by atoms with Crippen molar-refractivity contribution in [1.29, 1.82) is 0 Å². The molecule has 0 amide bonds. The van der Waals surface area contributed by atoms with Gasteiger partial charge in [-0.15, -0.1) is 5.10 Å². The van der Waals surface area contributed by atoms with Gasteiger partial charge in [0.25, 0.3) is 0 Å². The SMILES string of the molecule is Fc1ccc(N2CCN(Cn3nc(Nc4ccccc4F)sc3=S)CC2)cc1. The van der Waals surface area contributed by atoms with Crippen molar-refractivity contribution in [3.63, 3.8) is 0 Å². The predicted octanol–water partition coefficient (Wildman–Crippen LogP) is 4.48. The normalized spacial score (nSPS) is 15.0. The van der Waals surface area contributed by atoms with Crippen LogP contribution in [0.5, 0.6) is 0 Å². The highest BCUT2D eigenvalue weighted by Crippen LogP contribution is 2.23. The summed E-state index contributed by atoms with van der Waals surface area (Å²) in [5.41, 5.74) is 1.41. The molecule has 28 heavy (non-hydrogen) atoms. The topological polar surface area (TPSA) is 36.3 Å². The first-order chi connectivity index (χ1) is 13.6. The Morgan fingerprint density at radius 1 is 1.00 bits per heavy atom. The lowest BCUT2D eigenvalue weighted by atomic mass is 10.2. The molecule has 1 aromatic heterocycles. The predicted molar refractivity (Wildman–Crippen MR) is 111 cm³/mol. The van der Waals surface area contributed by atoms with Crippen molar-refractivity contribution < 1.29 is 8.78 Å². The molecular formula is C19H19F2N5S2. The van der Waals surface area contributed by atoms with Crippen molar-refractivity contribution in [2.75, 3.05) is 36.4 Å². The van der Waals surface area contributed by atoms with Crippen molar-refractivity contribution in [3.8, 4) is 0 Å². The maximum absolute atomic E-state index is 13.8. The van der Waals surface area contributed by atoms with Gasteiger partial charge in [-0.1, -0.05) is 23.5 Å². The van der Waals surface area contributed by atoms with Crippen LogP contribution in [0.15, 0.2) is 48.5 Å². The quantitative estimate of drug-likeness (QED) is 0.618. The van der Waals surface area contributed by atoms with E-state index in [1.807, 2.05) is 12.1 Å². The largest absolute Gasteiger partial charge is 0.369 e. The van der Waals surface area contributed by atoms with Gasteiger partial charge in [0.2, 0.25) is 5.13 Å². The van der Waals surface area contributed by atoms with Gasteiger partial charge in [-0.3, -0.25) is 4.90 Å². The zero-order valence-corrected chi connectivity index (χ0v) is 16.6. The average Bonchev–Trinajstić information content (AvgIpc) is 3.04. The van der Waals surface area contributed by atoms with Gasteiger partial charge >= 0.3 is 0 Å². The summed E-state index contributed by atoms with van der Waals surface area (Å²) < 4.78 is 29.3. The van der Waals surface area contributed by atoms with Gasteiger partial charge in [-0.25, -0.2) is 13.5 Å². The third-order valence-electron chi connectivity index (χ3n) is 4.62. The first kappa shape index (κ1) is 19.0. The number of anilines is 3. The third kappa shape index (κ3) is 4.37. The lowest BCUT2D eigenvalue weighted by molar-refractivity contribution is 0.195. The molecule has 2 aromatic carbocycles. The van der Waals surface area contributed by atoms with Crippen LogP contribution in [0.25, 0.3) is 0 Å². The minimum Gasteiger partial charge on any atom is -0.369 e. The van der Waals surface area contributed by atoms with E-state index in [0.717, 1.165) is 31.9 Å². The second-order valence-corrected chi connectivity index (χ2v) is 8.12. The Kier molecular flexibility index (Phi) is 5.65. The van der Waals surface area contributed by atoms with E-state index in [2.05, 4.69) is 20.2 Å². The smallest absolute Gasteiger partial charge is 0.209 e. The fourth-order valence-corrected chi connectivity index (χ4v) is 4.12. The highest BCUT2D eigenvalue weighted by atomic mass is 32.1. The fraction of sp³-hybridized carbons (Fsp3) is 0.263. The molecule has 0 aliphatic carbocycles. The van der Waals surface area contributed by atoms with Crippen LogP contribution in [-0.4, -0.2) is 40.9 Å². The summed E-state index contributed by atoms with van der Waals surface area (Å²) in [6.07, 6.45) is 0. The second kappa shape index (κ2) is 8.34. The van der Waals surface area contributed by atoms with Crippen LogP contribution >= 0.6 is 23.6 Å². The Bertz CT molecular complexity index is 994. The second-order valence-electron chi connectivity index (χ2n) is 6.50. The first-order valence-electron chi connectivity index (χ1n) is 8.91. The molecule has 0 atom stereocenters. The zero-order chi connectivity index (χ0) is 19.5. The van der Waals surface area contributed by atoms with Crippen LogP contribution in [-0.2, 0) is 6.67 Å². The van der Waals surface area contributed by atoms with Crippen LogP contribution in [0.3, 0.4) is 0 Å². The van der Waals surface area contributed by atoms with Crippen molar-refractivity contribution in [3.05, 3.63) is 64.1 Å². The van der Waals surface area contributed by atoms with Gasteiger partial charge < -0.3 is 10.2 Å². The van der Waals surface area contributed by atoms with Gasteiger partial charge in [0.1, 0.15) is 11.6 Å². The summed E-state index contributed by atoms with van der Waals surface area (Å²) >= 11 is 6.74. The highest BCUT2D eigenvalue weighted by molar-refractivity contribution is 7.73. The number of aromatic nitrogens is 2. The Labute approximate surface area is 170 Å². The lowest BCUT2D eigenvalue weighted by Gasteiger charge is -2.35. The van der Waals surface area contributed by atoms with Crippen molar-refractivity contribution in [1.82, 2.24) is 14.7 Å². The number of hydrogen-bond acceptors (Lipinski definition) is 6. The van der Waals surface area contributed by atoms with Crippen molar-refractivity contribution >= 4 is 40.1 Å². The maximum atomic E-state index is 13.8. The molecule has 0 bridgehead atoms. The molecule has 2 heterocycles. The minimum absolute atomic E-state index is 0.222. The molecule has 1 saturated heterocycles. The molecule has 1 fully saturated rings. The molecule has 0 spiro atoms. The molecular weight excluding hydrogens is 400 g/mol. The summed E-state index contributed by atoms with van der Waals surface area (Å²) in [7, 11) is 0. The van der Waals surface area contributed by atoms with E-state index in [9.17, 15) is 8.78 Å². The number of nitrogens with one attached hydrogen (secondary N) is 1. The summed E-state index contributed by atoms with van der Waals surface area (Å²) in [6.45, 7) is 4.00. The number of halogens is 2. The fourth-order valence-electron chi connectivity index (χ4n) is 3.11. The number of hydrogen-bond donors (Lipinski definition) is 1. The Morgan fingerprint density at radius 3 is 2.43 bits per heavy atom. The lowest BCUT2D eigenvalue weighted by Crippen LogP contribution is -2.46. The van der Waals surface area contributed by atoms with Gasteiger partial charge in [-0.2, -0.15) is 0 Å². The molecule has 9 heteroatoms. The third-order valence-corrected chi connectivity index (χ3v) is 5.84. The van der Waals surface area contributed by atoms with E-state index >= 15 is 0 Å². The standard InChI is InChI=1S/C19H19F2N5S2/c20-14-5-7-15(8-6-14)25-11-9-24(10-12-25)13-26-19(27)28-18(23-26)22-17-4-2-1-3-16(17)21/h1-8H,9-13H2,(H,22,23). The molecule has 3 aromatic rings.